The molecule has 1 saturated carbocycles. The van der Waals surface area contributed by atoms with Crippen LogP contribution in [0.3, 0.4) is 0 Å². The van der Waals surface area contributed by atoms with Crippen LogP contribution in [0.5, 0.6) is 0 Å². The van der Waals surface area contributed by atoms with Crippen LogP contribution in [0.1, 0.15) is 19.8 Å². The van der Waals surface area contributed by atoms with Crippen molar-refractivity contribution in [2.75, 3.05) is 24.3 Å². The molecule has 18 heavy (non-hydrogen) atoms. The predicted octanol–water partition coefficient (Wildman–Crippen LogP) is 1.83. The summed E-state index contributed by atoms with van der Waals surface area (Å²) in [5.41, 5.74) is 2.07. The lowest BCUT2D eigenvalue weighted by molar-refractivity contribution is -0.121. The number of amides is 1. The maximum atomic E-state index is 11.9. The molecule has 0 spiro atoms. The second-order valence-electron chi connectivity index (χ2n) is 5.06. The van der Waals surface area contributed by atoms with Gasteiger partial charge in [0.25, 0.3) is 0 Å². The van der Waals surface area contributed by atoms with E-state index in [2.05, 4.69) is 10.6 Å². The highest BCUT2D eigenvalue weighted by Gasteiger charge is 2.25. The van der Waals surface area contributed by atoms with Gasteiger partial charge in [0.15, 0.2) is 0 Å². The summed E-state index contributed by atoms with van der Waals surface area (Å²) in [7, 11) is 3.99. The monoisotopic (exact) mass is 247 g/mol. The number of para-hydroxylation sites is 2. The van der Waals surface area contributed by atoms with Crippen molar-refractivity contribution < 1.29 is 4.79 Å². The first kappa shape index (κ1) is 12.7. The van der Waals surface area contributed by atoms with Crippen molar-refractivity contribution in [1.29, 1.82) is 0 Å². The number of nitrogens with zero attached hydrogens (tertiary/aromatic N) is 1. The van der Waals surface area contributed by atoms with Crippen molar-refractivity contribution in [2.45, 2.75) is 31.8 Å². The van der Waals surface area contributed by atoms with E-state index in [1.54, 1.807) is 0 Å². The van der Waals surface area contributed by atoms with Crippen LogP contribution in [0.4, 0.5) is 11.4 Å². The van der Waals surface area contributed by atoms with Crippen molar-refractivity contribution in [1.82, 2.24) is 5.32 Å². The average Bonchev–Trinajstić information content (AvgIpc) is 3.13. The van der Waals surface area contributed by atoms with Gasteiger partial charge in [-0.1, -0.05) is 12.1 Å². The maximum absolute atomic E-state index is 11.9. The minimum absolute atomic E-state index is 0.0751. The first-order valence-electron chi connectivity index (χ1n) is 6.41. The molecule has 4 heteroatoms. The summed E-state index contributed by atoms with van der Waals surface area (Å²) < 4.78 is 0. The zero-order chi connectivity index (χ0) is 13.1. The maximum Gasteiger partial charge on any atom is 0.242 e. The van der Waals surface area contributed by atoms with Gasteiger partial charge in [0, 0.05) is 20.1 Å². The molecule has 2 rings (SSSR count). The third-order valence-corrected chi connectivity index (χ3v) is 3.07. The van der Waals surface area contributed by atoms with E-state index in [1.807, 2.05) is 50.2 Å². The highest BCUT2D eigenvalue weighted by molar-refractivity contribution is 5.86. The number of nitrogens with one attached hydrogen (secondary N) is 2. The Bertz CT molecular complexity index is 427. The molecular formula is C14H21N3O. The number of carbonyl (C=O) groups excluding carboxylic acids is 1. The highest BCUT2D eigenvalue weighted by atomic mass is 16.2. The minimum atomic E-state index is -0.216. The second-order valence-corrected chi connectivity index (χ2v) is 5.06. The topological polar surface area (TPSA) is 44.4 Å². The normalized spacial score (nSPS) is 15.9. The fourth-order valence-electron chi connectivity index (χ4n) is 1.84. The number of hydrogen-bond donors (Lipinski definition) is 2. The minimum Gasteiger partial charge on any atom is -0.376 e. The fourth-order valence-corrected chi connectivity index (χ4v) is 1.84. The van der Waals surface area contributed by atoms with Gasteiger partial charge in [-0.15, -0.1) is 0 Å². The first-order valence-corrected chi connectivity index (χ1v) is 6.41. The molecular weight excluding hydrogens is 226 g/mol. The van der Waals surface area contributed by atoms with Crippen LogP contribution in [-0.4, -0.2) is 32.1 Å². The Hall–Kier alpha value is -1.71. The standard InChI is InChI=1S/C14H21N3O/c1-10(14(18)16-11-8-9-11)15-12-6-4-5-7-13(12)17(2)3/h4-7,10-11,15H,8-9H2,1-3H3,(H,16,18). The van der Waals surface area contributed by atoms with Gasteiger partial charge in [-0.05, 0) is 31.9 Å². The van der Waals surface area contributed by atoms with E-state index in [1.165, 1.54) is 0 Å². The van der Waals surface area contributed by atoms with E-state index in [-0.39, 0.29) is 11.9 Å². The summed E-state index contributed by atoms with van der Waals surface area (Å²) in [5.74, 6) is 0.0751. The third-order valence-electron chi connectivity index (χ3n) is 3.07. The molecule has 0 saturated heterocycles. The van der Waals surface area contributed by atoms with Crippen molar-refractivity contribution in [3.63, 3.8) is 0 Å². The molecule has 1 atom stereocenters. The lowest BCUT2D eigenvalue weighted by atomic mass is 10.2. The largest absolute Gasteiger partial charge is 0.376 e. The molecule has 1 fully saturated rings. The Morgan fingerprint density at radius 3 is 2.61 bits per heavy atom. The number of benzene rings is 1. The summed E-state index contributed by atoms with van der Waals surface area (Å²) in [6.07, 6.45) is 2.24. The first-order chi connectivity index (χ1) is 8.58. The molecule has 1 unspecified atom stereocenters. The Morgan fingerprint density at radius 1 is 1.33 bits per heavy atom. The molecule has 0 radical (unpaired) electrons. The average molecular weight is 247 g/mol. The Labute approximate surface area is 108 Å². The van der Waals surface area contributed by atoms with Crippen LogP contribution in [-0.2, 0) is 4.79 Å². The lowest BCUT2D eigenvalue weighted by Gasteiger charge is -2.21. The fraction of sp³-hybridized carbons (Fsp3) is 0.500. The highest BCUT2D eigenvalue weighted by Crippen LogP contribution is 2.24. The summed E-state index contributed by atoms with van der Waals surface area (Å²) in [4.78, 5) is 13.9. The number of hydrogen-bond acceptors (Lipinski definition) is 3. The van der Waals surface area contributed by atoms with Gasteiger partial charge in [-0.25, -0.2) is 0 Å². The molecule has 98 valence electrons. The second kappa shape index (κ2) is 5.29. The summed E-state index contributed by atoms with van der Waals surface area (Å²) in [6, 6.07) is 8.19. The van der Waals surface area contributed by atoms with Gasteiger partial charge in [0.1, 0.15) is 6.04 Å². The van der Waals surface area contributed by atoms with Crippen LogP contribution in [0.25, 0.3) is 0 Å². The molecule has 0 aliphatic heterocycles. The summed E-state index contributed by atoms with van der Waals surface area (Å²) >= 11 is 0. The van der Waals surface area contributed by atoms with Gasteiger partial charge in [-0.3, -0.25) is 4.79 Å². The van der Waals surface area contributed by atoms with Crippen molar-refractivity contribution in [3.05, 3.63) is 24.3 Å². The molecule has 1 aromatic rings. The number of rotatable bonds is 5. The van der Waals surface area contributed by atoms with Crippen LogP contribution in [0.2, 0.25) is 0 Å². The Kier molecular flexibility index (Phi) is 3.75. The molecule has 1 amide bonds. The van der Waals surface area contributed by atoms with Crippen molar-refractivity contribution in [2.24, 2.45) is 0 Å². The summed E-state index contributed by atoms with van der Waals surface area (Å²) in [6.45, 7) is 1.89. The molecule has 0 heterocycles. The van der Waals surface area contributed by atoms with Gasteiger partial charge < -0.3 is 15.5 Å². The molecule has 1 aliphatic rings. The van der Waals surface area contributed by atoms with Crippen LogP contribution in [0, 0.1) is 0 Å². The van der Waals surface area contributed by atoms with Crippen LogP contribution < -0.4 is 15.5 Å². The SMILES string of the molecule is CC(Nc1ccccc1N(C)C)C(=O)NC1CC1. The van der Waals surface area contributed by atoms with E-state index < -0.39 is 0 Å². The van der Waals surface area contributed by atoms with Gasteiger partial charge >= 0.3 is 0 Å². The Balaban J connectivity index is 2.01. The van der Waals surface area contributed by atoms with Crippen LogP contribution in [0.15, 0.2) is 24.3 Å². The zero-order valence-corrected chi connectivity index (χ0v) is 11.2. The quantitative estimate of drug-likeness (QED) is 0.834. The number of anilines is 2. The van der Waals surface area contributed by atoms with E-state index in [0.29, 0.717) is 6.04 Å². The Morgan fingerprint density at radius 2 is 2.00 bits per heavy atom. The van der Waals surface area contributed by atoms with Gasteiger partial charge in [0.05, 0.1) is 11.4 Å². The van der Waals surface area contributed by atoms with Crippen molar-refractivity contribution >= 4 is 17.3 Å². The molecule has 2 N–H and O–H groups in total. The van der Waals surface area contributed by atoms with Crippen molar-refractivity contribution in [3.8, 4) is 0 Å². The van der Waals surface area contributed by atoms with E-state index in [4.69, 9.17) is 0 Å². The third kappa shape index (κ3) is 3.15. The number of carbonyl (C=O) groups is 1. The molecule has 0 bridgehead atoms. The smallest absolute Gasteiger partial charge is 0.242 e. The molecule has 1 aliphatic carbocycles. The van der Waals surface area contributed by atoms with E-state index >= 15 is 0 Å². The summed E-state index contributed by atoms with van der Waals surface area (Å²) in [5, 5.41) is 6.28. The molecule has 1 aromatic carbocycles. The predicted molar refractivity (Wildman–Crippen MR) is 75.0 cm³/mol. The zero-order valence-electron chi connectivity index (χ0n) is 11.2. The van der Waals surface area contributed by atoms with E-state index in [9.17, 15) is 4.79 Å². The van der Waals surface area contributed by atoms with Gasteiger partial charge in [0.2, 0.25) is 5.91 Å². The lowest BCUT2D eigenvalue weighted by Crippen LogP contribution is -2.38. The van der Waals surface area contributed by atoms with Crippen LogP contribution >= 0.6 is 0 Å². The van der Waals surface area contributed by atoms with E-state index in [0.717, 1.165) is 24.2 Å². The molecule has 0 aromatic heterocycles. The van der Waals surface area contributed by atoms with Gasteiger partial charge in [-0.2, -0.15) is 0 Å². The molecule has 4 nitrogen and oxygen atoms in total.